The number of carbonyl (C=O) groups excluding carboxylic acids is 2. The lowest BCUT2D eigenvalue weighted by molar-refractivity contribution is -0.124. The highest BCUT2D eigenvalue weighted by atomic mass is 16.5. The number of hydrogen-bond acceptors (Lipinski definition) is 5. The predicted molar refractivity (Wildman–Crippen MR) is 108 cm³/mol. The van der Waals surface area contributed by atoms with Gasteiger partial charge in [0.25, 0.3) is 5.91 Å². The Labute approximate surface area is 164 Å². The van der Waals surface area contributed by atoms with Crippen LogP contribution in [-0.4, -0.2) is 27.9 Å². The number of ether oxygens (including phenoxy) is 1. The van der Waals surface area contributed by atoms with Crippen LogP contribution in [0.1, 0.15) is 49.2 Å². The van der Waals surface area contributed by atoms with E-state index in [1.807, 2.05) is 42.5 Å². The minimum atomic E-state index is -0.912. The van der Waals surface area contributed by atoms with Gasteiger partial charge in [-0.15, -0.1) is 0 Å². The second kappa shape index (κ2) is 8.61. The molecule has 6 nitrogen and oxygen atoms in total. The number of carbonyl (C=O) groups is 2. The summed E-state index contributed by atoms with van der Waals surface area (Å²) >= 11 is 0. The molecule has 0 saturated heterocycles. The smallest absolute Gasteiger partial charge is 0.359 e. The summed E-state index contributed by atoms with van der Waals surface area (Å²) in [6.45, 7) is 6.00. The number of rotatable bonds is 6. The van der Waals surface area contributed by atoms with Crippen molar-refractivity contribution in [3.05, 3.63) is 66.0 Å². The van der Waals surface area contributed by atoms with Crippen LogP contribution in [-0.2, 0) is 9.53 Å². The number of nitrogens with one attached hydrogen (secondary N) is 1. The average molecular weight is 377 g/mol. The molecule has 3 rings (SSSR count). The molecule has 1 amide bonds. The van der Waals surface area contributed by atoms with Crippen molar-refractivity contribution in [3.63, 3.8) is 0 Å². The molecule has 2 aromatic carbocycles. The quantitative estimate of drug-likeness (QED) is 0.647. The molecule has 0 aliphatic heterocycles. The van der Waals surface area contributed by atoms with Crippen molar-refractivity contribution in [2.45, 2.75) is 39.2 Å². The van der Waals surface area contributed by atoms with E-state index in [1.165, 1.54) is 11.8 Å². The van der Waals surface area contributed by atoms with Crippen LogP contribution in [0.5, 0.6) is 0 Å². The number of hydrogen-bond donors (Lipinski definition) is 1. The molecule has 1 aromatic heterocycles. The topological polar surface area (TPSA) is 81.2 Å². The molecule has 1 unspecified atom stereocenters. The lowest BCUT2D eigenvalue weighted by atomic mass is 10.0. The number of esters is 1. The number of benzene rings is 2. The molecule has 0 saturated carbocycles. The van der Waals surface area contributed by atoms with Gasteiger partial charge in [0.05, 0.1) is 17.2 Å². The highest BCUT2D eigenvalue weighted by Crippen LogP contribution is 2.18. The summed E-state index contributed by atoms with van der Waals surface area (Å²) < 4.78 is 5.38. The third-order valence-electron chi connectivity index (χ3n) is 4.42. The van der Waals surface area contributed by atoms with E-state index in [4.69, 9.17) is 4.74 Å². The van der Waals surface area contributed by atoms with Crippen molar-refractivity contribution < 1.29 is 14.3 Å². The fourth-order valence-electron chi connectivity index (χ4n) is 2.74. The first-order chi connectivity index (χ1) is 13.5. The SMILES string of the molecule is CCC(OC(=O)c1cnc2ccccc2n1)C(=O)Nc1ccc(C(C)C)cc1. The zero-order valence-electron chi connectivity index (χ0n) is 16.2. The van der Waals surface area contributed by atoms with Crippen LogP contribution in [0.15, 0.2) is 54.7 Å². The summed E-state index contributed by atoms with van der Waals surface area (Å²) in [7, 11) is 0. The third-order valence-corrected chi connectivity index (χ3v) is 4.42. The number of aromatic nitrogens is 2. The van der Waals surface area contributed by atoms with E-state index in [0.717, 1.165) is 0 Å². The molecule has 1 atom stereocenters. The molecule has 28 heavy (non-hydrogen) atoms. The van der Waals surface area contributed by atoms with Gasteiger partial charge < -0.3 is 10.1 Å². The predicted octanol–water partition coefficient (Wildman–Crippen LogP) is 4.33. The van der Waals surface area contributed by atoms with E-state index >= 15 is 0 Å². The molecule has 144 valence electrons. The van der Waals surface area contributed by atoms with Crippen LogP contribution in [0.25, 0.3) is 11.0 Å². The Morgan fingerprint density at radius 3 is 2.36 bits per heavy atom. The number of para-hydroxylation sites is 2. The zero-order chi connectivity index (χ0) is 20.1. The Bertz CT molecular complexity index is 984. The molecule has 0 bridgehead atoms. The Morgan fingerprint density at radius 2 is 1.71 bits per heavy atom. The number of anilines is 1. The summed E-state index contributed by atoms with van der Waals surface area (Å²) in [6.07, 6.45) is 0.799. The van der Waals surface area contributed by atoms with Crippen LogP contribution in [0, 0.1) is 0 Å². The van der Waals surface area contributed by atoms with Crippen LogP contribution in [0.4, 0.5) is 5.69 Å². The zero-order valence-corrected chi connectivity index (χ0v) is 16.2. The van der Waals surface area contributed by atoms with Gasteiger partial charge in [0.1, 0.15) is 0 Å². The maximum absolute atomic E-state index is 12.5. The number of fused-ring (bicyclic) bond motifs is 1. The molecule has 1 N–H and O–H groups in total. The lowest BCUT2D eigenvalue weighted by Crippen LogP contribution is -2.32. The summed E-state index contributed by atoms with van der Waals surface area (Å²) in [5.41, 5.74) is 3.21. The molecular weight excluding hydrogens is 354 g/mol. The van der Waals surface area contributed by atoms with Gasteiger partial charge in [-0.1, -0.05) is 45.0 Å². The van der Waals surface area contributed by atoms with Crippen molar-refractivity contribution in [2.75, 3.05) is 5.32 Å². The van der Waals surface area contributed by atoms with Crippen molar-refractivity contribution >= 4 is 28.6 Å². The molecule has 0 radical (unpaired) electrons. The van der Waals surface area contributed by atoms with Crippen molar-refractivity contribution in [2.24, 2.45) is 0 Å². The highest BCUT2D eigenvalue weighted by Gasteiger charge is 2.23. The van der Waals surface area contributed by atoms with Crippen molar-refractivity contribution in [1.82, 2.24) is 9.97 Å². The largest absolute Gasteiger partial charge is 0.447 e. The minimum Gasteiger partial charge on any atom is -0.447 e. The Hall–Kier alpha value is -3.28. The van der Waals surface area contributed by atoms with Gasteiger partial charge in [-0.05, 0) is 42.2 Å². The van der Waals surface area contributed by atoms with Gasteiger partial charge in [-0.3, -0.25) is 9.78 Å². The third kappa shape index (κ3) is 4.52. The minimum absolute atomic E-state index is 0.0752. The van der Waals surface area contributed by atoms with Crippen LogP contribution < -0.4 is 5.32 Å². The molecule has 0 spiro atoms. The molecule has 0 aliphatic rings. The van der Waals surface area contributed by atoms with E-state index in [1.54, 1.807) is 13.0 Å². The van der Waals surface area contributed by atoms with Crippen molar-refractivity contribution in [3.8, 4) is 0 Å². The van der Waals surface area contributed by atoms with E-state index in [2.05, 4.69) is 29.1 Å². The van der Waals surface area contributed by atoms with Gasteiger partial charge in [-0.25, -0.2) is 9.78 Å². The first-order valence-corrected chi connectivity index (χ1v) is 9.31. The summed E-state index contributed by atoms with van der Waals surface area (Å²) in [6, 6.07) is 14.9. The maximum atomic E-state index is 12.5. The van der Waals surface area contributed by atoms with E-state index in [-0.39, 0.29) is 11.6 Å². The first kappa shape index (κ1) is 19.5. The molecule has 6 heteroatoms. The van der Waals surface area contributed by atoms with E-state index in [9.17, 15) is 9.59 Å². The Balaban J connectivity index is 1.67. The van der Waals surface area contributed by atoms with Crippen LogP contribution in [0.3, 0.4) is 0 Å². The highest BCUT2D eigenvalue weighted by molar-refractivity contribution is 5.97. The van der Waals surface area contributed by atoms with Crippen molar-refractivity contribution in [1.29, 1.82) is 0 Å². The molecule has 0 aliphatic carbocycles. The van der Waals surface area contributed by atoms with Gasteiger partial charge in [0, 0.05) is 5.69 Å². The molecule has 0 fully saturated rings. The molecular formula is C22H23N3O3. The molecule has 3 aromatic rings. The summed E-state index contributed by atoms with van der Waals surface area (Å²) in [4.78, 5) is 33.4. The fraction of sp³-hybridized carbons (Fsp3) is 0.273. The van der Waals surface area contributed by atoms with Crippen LogP contribution in [0.2, 0.25) is 0 Å². The van der Waals surface area contributed by atoms with Gasteiger partial charge in [0.15, 0.2) is 11.8 Å². The fourth-order valence-corrected chi connectivity index (χ4v) is 2.74. The lowest BCUT2D eigenvalue weighted by Gasteiger charge is -2.16. The van der Waals surface area contributed by atoms with Gasteiger partial charge >= 0.3 is 5.97 Å². The maximum Gasteiger partial charge on any atom is 0.359 e. The number of nitrogens with zero attached hydrogens (tertiary/aromatic N) is 2. The molecule has 1 heterocycles. The second-order valence-electron chi connectivity index (χ2n) is 6.81. The number of amides is 1. The Kier molecular flexibility index (Phi) is 5.99. The first-order valence-electron chi connectivity index (χ1n) is 9.31. The Morgan fingerprint density at radius 1 is 1.04 bits per heavy atom. The van der Waals surface area contributed by atoms with Crippen LogP contribution >= 0.6 is 0 Å². The second-order valence-corrected chi connectivity index (χ2v) is 6.81. The standard InChI is InChI=1S/C22H23N3O3/c1-4-20(21(26)24-16-11-9-15(10-12-16)14(2)3)28-22(27)19-13-23-17-7-5-6-8-18(17)25-19/h5-14,20H,4H2,1-3H3,(H,24,26). The van der Waals surface area contributed by atoms with E-state index < -0.39 is 12.1 Å². The van der Waals surface area contributed by atoms with E-state index in [0.29, 0.717) is 29.1 Å². The normalized spacial score (nSPS) is 12.0. The monoisotopic (exact) mass is 377 g/mol. The average Bonchev–Trinajstić information content (AvgIpc) is 2.71. The van der Waals surface area contributed by atoms with Gasteiger partial charge in [-0.2, -0.15) is 0 Å². The summed E-state index contributed by atoms with van der Waals surface area (Å²) in [5.74, 6) is -0.630. The summed E-state index contributed by atoms with van der Waals surface area (Å²) in [5, 5.41) is 2.79. The van der Waals surface area contributed by atoms with Gasteiger partial charge in [0.2, 0.25) is 0 Å².